The largest absolute Gasteiger partial charge is 0.492 e. The summed E-state index contributed by atoms with van der Waals surface area (Å²) in [4.78, 5) is 2.37. The summed E-state index contributed by atoms with van der Waals surface area (Å²) in [7, 11) is 0. The summed E-state index contributed by atoms with van der Waals surface area (Å²) < 4.78 is 5.80. The minimum absolute atomic E-state index is 0.169. The van der Waals surface area contributed by atoms with E-state index < -0.39 is 0 Å². The molecular weight excluding hydrogens is 252 g/mol. The summed E-state index contributed by atoms with van der Waals surface area (Å²) in [5.74, 6) is 0.996. The van der Waals surface area contributed by atoms with Gasteiger partial charge in [0.1, 0.15) is 12.4 Å². The molecule has 3 rings (SSSR count). The number of aliphatic hydroxyl groups excluding tert-OH is 1. The van der Waals surface area contributed by atoms with Gasteiger partial charge in [-0.1, -0.05) is 18.2 Å². The topological polar surface area (TPSA) is 44.7 Å². The van der Waals surface area contributed by atoms with E-state index in [1.54, 1.807) is 0 Å². The first-order chi connectivity index (χ1) is 9.68. The Hall–Kier alpha value is -1.10. The van der Waals surface area contributed by atoms with Crippen molar-refractivity contribution in [2.75, 3.05) is 26.3 Å². The number of ether oxygens (including phenoxy) is 1. The van der Waals surface area contributed by atoms with Crippen molar-refractivity contribution in [3.05, 3.63) is 29.8 Å². The van der Waals surface area contributed by atoms with Crippen LogP contribution in [0.3, 0.4) is 0 Å². The van der Waals surface area contributed by atoms with Crippen molar-refractivity contribution in [2.24, 2.45) is 0 Å². The Balaban J connectivity index is 1.67. The zero-order valence-electron chi connectivity index (χ0n) is 12.1. The predicted octanol–water partition coefficient (Wildman–Crippen LogP) is 1.38. The average molecular weight is 276 g/mol. The van der Waals surface area contributed by atoms with Gasteiger partial charge in [0.2, 0.25) is 0 Å². The monoisotopic (exact) mass is 276 g/mol. The molecule has 0 radical (unpaired) electrons. The SMILES string of the molecule is CC(CO)(CN1CCOc2ccccc2C1)NC1CC1. The van der Waals surface area contributed by atoms with Crippen LogP contribution in [0, 0.1) is 0 Å². The van der Waals surface area contributed by atoms with E-state index in [1.165, 1.54) is 18.4 Å². The molecule has 4 heteroatoms. The van der Waals surface area contributed by atoms with Crippen molar-refractivity contribution in [3.8, 4) is 5.75 Å². The van der Waals surface area contributed by atoms with Crippen molar-refractivity contribution in [3.63, 3.8) is 0 Å². The van der Waals surface area contributed by atoms with Gasteiger partial charge in [0.05, 0.1) is 12.1 Å². The predicted molar refractivity (Wildman–Crippen MR) is 78.9 cm³/mol. The molecule has 1 aromatic carbocycles. The van der Waals surface area contributed by atoms with Gasteiger partial charge in [-0.3, -0.25) is 4.90 Å². The second-order valence-electron chi connectivity index (χ2n) is 6.30. The molecule has 0 amide bonds. The smallest absolute Gasteiger partial charge is 0.123 e. The van der Waals surface area contributed by atoms with Gasteiger partial charge in [-0.2, -0.15) is 0 Å². The van der Waals surface area contributed by atoms with Crippen LogP contribution in [-0.2, 0) is 6.54 Å². The Kier molecular flexibility index (Phi) is 3.96. The highest BCUT2D eigenvalue weighted by atomic mass is 16.5. The number of hydrogen-bond acceptors (Lipinski definition) is 4. The van der Waals surface area contributed by atoms with Crippen molar-refractivity contribution < 1.29 is 9.84 Å². The Morgan fingerprint density at radius 3 is 2.95 bits per heavy atom. The molecule has 1 saturated carbocycles. The molecule has 0 saturated heterocycles. The maximum Gasteiger partial charge on any atom is 0.123 e. The van der Waals surface area contributed by atoms with Gasteiger partial charge in [0, 0.05) is 31.2 Å². The lowest BCUT2D eigenvalue weighted by molar-refractivity contribution is 0.110. The van der Waals surface area contributed by atoms with Gasteiger partial charge in [-0.15, -0.1) is 0 Å². The van der Waals surface area contributed by atoms with Crippen LogP contribution < -0.4 is 10.1 Å². The maximum atomic E-state index is 9.74. The fraction of sp³-hybridized carbons (Fsp3) is 0.625. The number of aliphatic hydroxyl groups is 1. The first-order valence-electron chi connectivity index (χ1n) is 7.50. The van der Waals surface area contributed by atoms with Crippen LogP contribution in [0.1, 0.15) is 25.3 Å². The van der Waals surface area contributed by atoms with Crippen LogP contribution in [0.25, 0.3) is 0 Å². The van der Waals surface area contributed by atoms with Gasteiger partial charge in [0.15, 0.2) is 0 Å². The zero-order valence-corrected chi connectivity index (χ0v) is 12.1. The van der Waals surface area contributed by atoms with Crippen LogP contribution in [0.5, 0.6) is 5.75 Å². The van der Waals surface area contributed by atoms with Crippen molar-refractivity contribution in [1.82, 2.24) is 10.2 Å². The highest BCUT2D eigenvalue weighted by molar-refractivity contribution is 5.33. The molecule has 1 unspecified atom stereocenters. The first-order valence-corrected chi connectivity index (χ1v) is 7.50. The number of para-hydroxylation sites is 1. The molecule has 1 atom stereocenters. The first kappa shape index (κ1) is 13.9. The third-order valence-corrected chi connectivity index (χ3v) is 4.08. The highest BCUT2D eigenvalue weighted by Crippen LogP contribution is 2.25. The van der Waals surface area contributed by atoms with Crippen LogP contribution in [0.15, 0.2) is 24.3 Å². The number of fused-ring (bicyclic) bond motifs is 1. The fourth-order valence-corrected chi connectivity index (χ4v) is 2.87. The molecule has 110 valence electrons. The Bertz CT molecular complexity index is 462. The van der Waals surface area contributed by atoms with E-state index in [2.05, 4.69) is 29.3 Å². The minimum atomic E-state index is -0.222. The van der Waals surface area contributed by atoms with E-state index in [0.29, 0.717) is 12.6 Å². The van der Waals surface area contributed by atoms with Gasteiger partial charge in [-0.05, 0) is 25.8 Å². The third kappa shape index (κ3) is 3.32. The Labute approximate surface area is 120 Å². The standard InChI is InChI=1S/C16H24N2O2/c1-16(12-19,17-14-6-7-14)11-18-8-9-20-15-5-3-2-4-13(15)10-18/h2-5,14,17,19H,6-12H2,1H3. The number of hydrogen-bond donors (Lipinski definition) is 2. The minimum Gasteiger partial charge on any atom is -0.492 e. The molecule has 2 aliphatic rings. The molecule has 4 nitrogen and oxygen atoms in total. The second-order valence-corrected chi connectivity index (χ2v) is 6.30. The number of nitrogens with one attached hydrogen (secondary N) is 1. The van der Waals surface area contributed by atoms with Crippen LogP contribution >= 0.6 is 0 Å². The maximum absolute atomic E-state index is 9.74. The summed E-state index contributed by atoms with van der Waals surface area (Å²) in [6, 6.07) is 8.83. The molecule has 2 N–H and O–H groups in total. The number of nitrogens with zero attached hydrogens (tertiary/aromatic N) is 1. The van der Waals surface area contributed by atoms with Crippen LogP contribution in [0.4, 0.5) is 0 Å². The number of rotatable bonds is 5. The van der Waals surface area contributed by atoms with E-state index in [4.69, 9.17) is 4.74 Å². The van der Waals surface area contributed by atoms with E-state index >= 15 is 0 Å². The summed E-state index contributed by atoms with van der Waals surface area (Å²) in [6.45, 7) is 5.62. The Morgan fingerprint density at radius 1 is 1.40 bits per heavy atom. The molecule has 1 aromatic rings. The molecule has 1 aliphatic heterocycles. The van der Waals surface area contributed by atoms with Crippen LogP contribution in [-0.4, -0.2) is 47.9 Å². The van der Waals surface area contributed by atoms with Gasteiger partial charge < -0.3 is 15.2 Å². The average Bonchev–Trinajstić information content (AvgIpc) is 3.25. The Morgan fingerprint density at radius 2 is 2.20 bits per heavy atom. The van der Waals surface area contributed by atoms with E-state index in [-0.39, 0.29) is 12.1 Å². The molecule has 0 aromatic heterocycles. The van der Waals surface area contributed by atoms with Gasteiger partial charge >= 0.3 is 0 Å². The van der Waals surface area contributed by atoms with E-state index in [1.807, 2.05) is 12.1 Å². The zero-order chi connectivity index (χ0) is 14.0. The summed E-state index contributed by atoms with van der Waals surface area (Å²) in [5.41, 5.74) is 1.01. The summed E-state index contributed by atoms with van der Waals surface area (Å²) in [5, 5.41) is 13.3. The molecule has 1 aliphatic carbocycles. The normalized spacial score (nSPS) is 22.5. The summed E-state index contributed by atoms with van der Waals surface area (Å²) in [6.07, 6.45) is 2.48. The molecule has 0 bridgehead atoms. The van der Waals surface area contributed by atoms with E-state index in [9.17, 15) is 5.11 Å². The van der Waals surface area contributed by atoms with Gasteiger partial charge in [0.25, 0.3) is 0 Å². The second kappa shape index (κ2) is 5.72. The quantitative estimate of drug-likeness (QED) is 0.853. The third-order valence-electron chi connectivity index (χ3n) is 4.08. The van der Waals surface area contributed by atoms with Crippen molar-refractivity contribution in [1.29, 1.82) is 0 Å². The lowest BCUT2D eigenvalue weighted by Gasteiger charge is -2.34. The van der Waals surface area contributed by atoms with Crippen molar-refractivity contribution >= 4 is 0 Å². The molecule has 1 heterocycles. The molecule has 20 heavy (non-hydrogen) atoms. The highest BCUT2D eigenvalue weighted by Gasteiger charge is 2.33. The molecule has 1 fully saturated rings. The number of benzene rings is 1. The lowest BCUT2D eigenvalue weighted by atomic mass is 10.0. The van der Waals surface area contributed by atoms with Gasteiger partial charge in [-0.25, -0.2) is 0 Å². The van der Waals surface area contributed by atoms with E-state index in [0.717, 1.165) is 25.4 Å². The molecular formula is C16H24N2O2. The van der Waals surface area contributed by atoms with Crippen molar-refractivity contribution in [2.45, 2.75) is 37.9 Å². The fourth-order valence-electron chi connectivity index (χ4n) is 2.87. The lowest BCUT2D eigenvalue weighted by Crippen LogP contribution is -2.55. The summed E-state index contributed by atoms with van der Waals surface area (Å²) >= 11 is 0. The van der Waals surface area contributed by atoms with Crippen LogP contribution in [0.2, 0.25) is 0 Å². The molecule has 0 spiro atoms.